The molecule has 0 spiro atoms. The number of nitrogens with two attached hydrogens (primary N) is 1. The first-order valence-electron chi connectivity index (χ1n) is 5.35. The molecule has 90 valence electrons. The lowest BCUT2D eigenvalue weighted by Crippen LogP contribution is -2.27. The fourth-order valence-electron chi connectivity index (χ4n) is 1.26. The topological polar surface area (TPSA) is 69.6 Å². The lowest BCUT2D eigenvalue weighted by Gasteiger charge is -2.20. The first-order valence-corrected chi connectivity index (χ1v) is 6.17. The van der Waals surface area contributed by atoms with Crippen molar-refractivity contribution in [3.05, 3.63) is 30.3 Å². The van der Waals surface area contributed by atoms with Gasteiger partial charge in [0.1, 0.15) is 0 Å². The predicted molar refractivity (Wildman–Crippen MR) is 68.1 cm³/mol. The molecule has 0 atom stereocenters. The van der Waals surface area contributed by atoms with Gasteiger partial charge in [-0.3, -0.25) is 0 Å². The normalized spacial score (nSPS) is 11.7. The number of hydrogen-bond donors (Lipinski definition) is 1. The average molecular weight is 249 g/mol. The van der Waals surface area contributed by atoms with Crippen LogP contribution in [0.2, 0.25) is 0 Å². The van der Waals surface area contributed by atoms with Crippen molar-refractivity contribution in [2.45, 2.75) is 23.8 Å². The highest BCUT2D eigenvalue weighted by molar-refractivity contribution is 8.00. The lowest BCUT2D eigenvalue weighted by molar-refractivity contribution is 0.705. The summed E-state index contributed by atoms with van der Waals surface area (Å²) in [6.07, 6.45) is 0. The van der Waals surface area contributed by atoms with Crippen molar-refractivity contribution in [2.24, 2.45) is 5.73 Å². The van der Waals surface area contributed by atoms with E-state index < -0.39 is 0 Å². The molecule has 1 heterocycles. The van der Waals surface area contributed by atoms with Gasteiger partial charge in [-0.25, -0.2) is 0 Å². The SMILES string of the molecule is CC(C)(CN)Sc1nnnn1-c1ccccc1. The molecule has 0 radical (unpaired) electrons. The average Bonchev–Trinajstić information content (AvgIpc) is 2.77. The van der Waals surface area contributed by atoms with Crippen molar-refractivity contribution < 1.29 is 0 Å². The molecule has 17 heavy (non-hydrogen) atoms. The molecular formula is C11H15N5S. The highest BCUT2D eigenvalue weighted by Crippen LogP contribution is 2.30. The summed E-state index contributed by atoms with van der Waals surface area (Å²) in [6.45, 7) is 4.71. The van der Waals surface area contributed by atoms with Crippen molar-refractivity contribution in [3.63, 3.8) is 0 Å². The quantitative estimate of drug-likeness (QED) is 0.831. The molecule has 0 saturated carbocycles. The van der Waals surface area contributed by atoms with E-state index in [1.165, 1.54) is 0 Å². The Morgan fingerprint density at radius 3 is 2.65 bits per heavy atom. The van der Waals surface area contributed by atoms with Crippen LogP contribution in [0.3, 0.4) is 0 Å². The number of para-hydroxylation sites is 1. The molecule has 0 unspecified atom stereocenters. The lowest BCUT2D eigenvalue weighted by atomic mass is 10.2. The molecular weight excluding hydrogens is 234 g/mol. The Kier molecular flexibility index (Phi) is 3.44. The van der Waals surface area contributed by atoms with Crippen LogP contribution in [0.25, 0.3) is 5.69 Å². The number of aromatic nitrogens is 4. The minimum Gasteiger partial charge on any atom is -0.329 e. The van der Waals surface area contributed by atoms with Crippen LogP contribution in [0.1, 0.15) is 13.8 Å². The second-order valence-electron chi connectivity index (χ2n) is 4.27. The van der Waals surface area contributed by atoms with E-state index in [1.807, 2.05) is 30.3 Å². The van der Waals surface area contributed by atoms with Crippen LogP contribution in [0, 0.1) is 0 Å². The zero-order chi connectivity index (χ0) is 12.3. The van der Waals surface area contributed by atoms with E-state index in [1.54, 1.807) is 16.4 Å². The zero-order valence-electron chi connectivity index (χ0n) is 9.87. The van der Waals surface area contributed by atoms with Gasteiger partial charge in [0.25, 0.3) is 0 Å². The maximum Gasteiger partial charge on any atom is 0.214 e. The number of tetrazole rings is 1. The van der Waals surface area contributed by atoms with Gasteiger partial charge in [-0.15, -0.1) is 5.10 Å². The molecule has 6 heteroatoms. The van der Waals surface area contributed by atoms with E-state index in [0.717, 1.165) is 10.8 Å². The summed E-state index contributed by atoms with van der Waals surface area (Å²) >= 11 is 1.58. The summed E-state index contributed by atoms with van der Waals surface area (Å²) in [5.41, 5.74) is 6.66. The van der Waals surface area contributed by atoms with Gasteiger partial charge in [0.2, 0.25) is 5.16 Å². The van der Waals surface area contributed by atoms with Gasteiger partial charge < -0.3 is 5.73 Å². The van der Waals surface area contributed by atoms with E-state index >= 15 is 0 Å². The largest absolute Gasteiger partial charge is 0.329 e. The summed E-state index contributed by atoms with van der Waals surface area (Å²) in [6, 6.07) is 9.81. The van der Waals surface area contributed by atoms with Crippen LogP contribution in [-0.4, -0.2) is 31.5 Å². The highest BCUT2D eigenvalue weighted by Gasteiger charge is 2.21. The van der Waals surface area contributed by atoms with Gasteiger partial charge in [0.15, 0.2) is 0 Å². The van der Waals surface area contributed by atoms with Gasteiger partial charge in [0, 0.05) is 11.3 Å². The molecule has 0 amide bonds. The minimum absolute atomic E-state index is 0.0821. The Balaban J connectivity index is 2.30. The molecule has 0 saturated heterocycles. The Morgan fingerprint density at radius 1 is 1.29 bits per heavy atom. The number of thioether (sulfide) groups is 1. The molecule has 2 N–H and O–H groups in total. The molecule has 1 aromatic carbocycles. The molecule has 0 bridgehead atoms. The first-order chi connectivity index (χ1) is 8.12. The van der Waals surface area contributed by atoms with Crippen molar-refractivity contribution >= 4 is 11.8 Å². The first kappa shape index (κ1) is 12.1. The number of rotatable bonds is 4. The predicted octanol–water partition coefficient (Wildman–Crippen LogP) is 1.49. The second-order valence-corrected chi connectivity index (χ2v) is 5.95. The summed E-state index contributed by atoms with van der Waals surface area (Å²) in [5.74, 6) is 0. The molecule has 5 nitrogen and oxygen atoms in total. The summed E-state index contributed by atoms with van der Waals surface area (Å²) in [7, 11) is 0. The third kappa shape index (κ3) is 2.83. The number of nitrogens with zero attached hydrogens (tertiary/aromatic N) is 4. The smallest absolute Gasteiger partial charge is 0.214 e. The fraction of sp³-hybridized carbons (Fsp3) is 0.364. The van der Waals surface area contributed by atoms with Gasteiger partial charge in [-0.1, -0.05) is 30.0 Å². The maximum atomic E-state index is 5.71. The fourth-order valence-corrected chi connectivity index (χ4v) is 2.15. The van der Waals surface area contributed by atoms with Crippen LogP contribution in [0.5, 0.6) is 0 Å². The molecule has 0 aliphatic carbocycles. The Morgan fingerprint density at radius 2 is 2.00 bits per heavy atom. The Hall–Kier alpha value is -1.40. The Labute approximate surface area is 104 Å². The standard InChI is InChI=1S/C11H15N5S/c1-11(2,8-12)17-10-13-14-15-16(10)9-6-4-3-5-7-9/h3-7H,8,12H2,1-2H3. The van der Waals surface area contributed by atoms with Gasteiger partial charge >= 0.3 is 0 Å². The highest BCUT2D eigenvalue weighted by atomic mass is 32.2. The molecule has 1 aromatic heterocycles. The van der Waals surface area contributed by atoms with E-state index in [2.05, 4.69) is 29.4 Å². The number of benzene rings is 1. The van der Waals surface area contributed by atoms with Crippen LogP contribution < -0.4 is 5.73 Å². The van der Waals surface area contributed by atoms with Crippen molar-refractivity contribution in [3.8, 4) is 5.69 Å². The molecule has 0 aliphatic rings. The molecule has 0 fully saturated rings. The van der Waals surface area contributed by atoms with Crippen LogP contribution >= 0.6 is 11.8 Å². The maximum absolute atomic E-state index is 5.71. The van der Waals surface area contributed by atoms with Crippen molar-refractivity contribution in [1.82, 2.24) is 20.2 Å². The monoisotopic (exact) mass is 249 g/mol. The van der Waals surface area contributed by atoms with Gasteiger partial charge in [-0.05, 0) is 36.4 Å². The van der Waals surface area contributed by atoms with Gasteiger partial charge in [-0.2, -0.15) is 4.68 Å². The van der Waals surface area contributed by atoms with E-state index in [-0.39, 0.29) is 4.75 Å². The third-order valence-corrected chi connectivity index (χ3v) is 3.46. The second kappa shape index (κ2) is 4.85. The Bertz CT molecular complexity index is 480. The van der Waals surface area contributed by atoms with Gasteiger partial charge in [0.05, 0.1) is 5.69 Å². The van der Waals surface area contributed by atoms with Crippen LogP contribution in [0.4, 0.5) is 0 Å². The van der Waals surface area contributed by atoms with Crippen LogP contribution in [0.15, 0.2) is 35.5 Å². The molecule has 2 aromatic rings. The molecule has 0 aliphatic heterocycles. The van der Waals surface area contributed by atoms with Crippen LogP contribution in [-0.2, 0) is 0 Å². The van der Waals surface area contributed by atoms with E-state index in [0.29, 0.717) is 6.54 Å². The minimum atomic E-state index is -0.0821. The summed E-state index contributed by atoms with van der Waals surface area (Å²) < 4.78 is 1.64. The van der Waals surface area contributed by atoms with Crippen molar-refractivity contribution in [1.29, 1.82) is 0 Å². The molecule has 2 rings (SSSR count). The van der Waals surface area contributed by atoms with E-state index in [4.69, 9.17) is 5.73 Å². The summed E-state index contributed by atoms with van der Waals surface area (Å²) in [5, 5.41) is 12.5. The zero-order valence-corrected chi connectivity index (χ0v) is 10.7. The van der Waals surface area contributed by atoms with E-state index in [9.17, 15) is 0 Å². The summed E-state index contributed by atoms with van der Waals surface area (Å²) in [4.78, 5) is 0. The number of hydrogen-bond acceptors (Lipinski definition) is 5. The third-order valence-electron chi connectivity index (χ3n) is 2.30. The van der Waals surface area contributed by atoms with Crippen molar-refractivity contribution in [2.75, 3.05) is 6.54 Å².